The van der Waals surface area contributed by atoms with Gasteiger partial charge in [-0.15, -0.1) is 11.8 Å². The van der Waals surface area contributed by atoms with Crippen molar-refractivity contribution in [2.75, 3.05) is 18.2 Å². The van der Waals surface area contributed by atoms with Crippen molar-refractivity contribution < 1.29 is 19.5 Å². The molecule has 6 nitrogen and oxygen atoms in total. The van der Waals surface area contributed by atoms with E-state index in [1.165, 1.54) is 11.8 Å². The molecule has 0 saturated carbocycles. The van der Waals surface area contributed by atoms with Crippen LogP contribution in [0.2, 0.25) is 5.02 Å². The molecule has 1 aromatic rings. The molecule has 2 aliphatic heterocycles. The molecule has 2 atom stereocenters. The van der Waals surface area contributed by atoms with Gasteiger partial charge in [0, 0.05) is 28.9 Å². The largest absolute Gasteiger partial charge is 0.481 e. The third-order valence-electron chi connectivity index (χ3n) is 4.59. The summed E-state index contributed by atoms with van der Waals surface area (Å²) in [5.74, 6) is -0.256. The molecule has 25 heavy (non-hydrogen) atoms. The molecule has 3 rings (SSSR count). The Bertz CT molecular complexity index is 682. The average Bonchev–Trinajstić information content (AvgIpc) is 3.23. The van der Waals surface area contributed by atoms with Gasteiger partial charge in [-0.25, -0.2) is 0 Å². The van der Waals surface area contributed by atoms with Crippen LogP contribution >= 0.6 is 23.4 Å². The Morgan fingerprint density at radius 3 is 2.60 bits per heavy atom. The van der Waals surface area contributed by atoms with Gasteiger partial charge < -0.3 is 14.9 Å². The molecular weight excluding hydrogens is 364 g/mol. The van der Waals surface area contributed by atoms with Crippen molar-refractivity contribution in [2.24, 2.45) is 0 Å². The predicted molar refractivity (Wildman–Crippen MR) is 95.7 cm³/mol. The van der Waals surface area contributed by atoms with E-state index in [9.17, 15) is 14.4 Å². The van der Waals surface area contributed by atoms with Crippen molar-refractivity contribution in [1.82, 2.24) is 9.80 Å². The van der Waals surface area contributed by atoms with Crippen LogP contribution in [0.15, 0.2) is 24.3 Å². The molecule has 0 aliphatic carbocycles. The summed E-state index contributed by atoms with van der Waals surface area (Å²) < 4.78 is 0. The Hall–Kier alpha value is -1.73. The van der Waals surface area contributed by atoms with Crippen molar-refractivity contribution in [2.45, 2.75) is 31.3 Å². The lowest BCUT2D eigenvalue weighted by Gasteiger charge is -2.30. The number of carboxylic acids is 1. The minimum absolute atomic E-state index is 0.0449. The van der Waals surface area contributed by atoms with E-state index in [1.54, 1.807) is 34.1 Å². The highest BCUT2D eigenvalue weighted by Gasteiger charge is 2.41. The molecule has 2 saturated heterocycles. The maximum Gasteiger partial charge on any atom is 0.305 e. The van der Waals surface area contributed by atoms with Crippen molar-refractivity contribution >= 4 is 41.1 Å². The lowest BCUT2D eigenvalue weighted by Crippen LogP contribution is -2.50. The number of carbonyl (C=O) groups is 3. The maximum atomic E-state index is 12.9. The number of halogens is 1. The van der Waals surface area contributed by atoms with E-state index in [0.29, 0.717) is 35.2 Å². The van der Waals surface area contributed by atoms with E-state index in [-0.39, 0.29) is 24.3 Å². The lowest BCUT2D eigenvalue weighted by molar-refractivity contribution is -0.141. The first kappa shape index (κ1) is 18.1. The summed E-state index contributed by atoms with van der Waals surface area (Å²) >= 11 is 7.39. The number of nitrogens with zero attached hydrogens (tertiary/aromatic N) is 2. The van der Waals surface area contributed by atoms with Crippen LogP contribution in [-0.2, 0) is 9.59 Å². The van der Waals surface area contributed by atoms with E-state index < -0.39 is 12.0 Å². The number of benzene rings is 1. The van der Waals surface area contributed by atoms with Gasteiger partial charge in [0.2, 0.25) is 5.91 Å². The van der Waals surface area contributed by atoms with E-state index >= 15 is 0 Å². The van der Waals surface area contributed by atoms with Crippen LogP contribution in [0.5, 0.6) is 0 Å². The molecule has 134 valence electrons. The highest BCUT2D eigenvalue weighted by atomic mass is 35.5. The maximum absolute atomic E-state index is 12.9. The Kier molecular flexibility index (Phi) is 5.54. The zero-order valence-electron chi connectivity index (χ0n) is 13.6. The summed E-state index contributed by atoms with van der Waals surface area (Å²) in [7, 11) is 0. The van der Waals surface area contributed by atoms with Gasteiger partial charge >= 0.3 is 5.97 Å². The normalized spacial score (nSPS) is 23.1. The van der Waals surface area contributed by atoms with Crippen molar-refractivity contribution in [3.05, 3.63) is 34.9 Å². The number of hydrogen-bond acceptors (Lipinski definition) is 4. The van der Waals surface area contributed by atoms with Crippen molar-refractivity contribution in [1.29, 1.82) is 0 Å². The Morgan fingerprint density at radius 2 is 1.92 bits per heavy atom. The number of hydrogen-bond donors (Lipinski definition) is 1. The van der Waals surface area contributed by atoms with Crippen LogP contribution in [0.3, 0.4) is 0 Å². The number of carbonyl (C=O) groups excluding carboxylic acids is 2. The van der Waals surface area contributed by atoms with Crippen molar-refractivity contribution in [3.63, 3.8) is 0 Å². The molecule has 0 radical (unpaired) electrons. The summed E-state index contributed by atoms with van der Waals surface area (Å²) in [6, 6.07) is 5.79. The number of amides is 2. The van der Waals surface area contributed by atoms with Crippen LogP contribution in [0.25, 0.3) is 0 Å². The summed E-state index contributed by atoms with van der Waals surface area (Å²) in [5.41, 5.74) is 0.494. The van der Waals surface area contributed by atoms with E-state index in [1.807, 2.05) is 0 Å². The first-order chi connectivity index (χ1) is 12.0. The molecule has 0 spiro atoms. The Balaban J connectivity index is 1.74. The molecule has 2 fully saturated rings. The molecule has 1 aromatic carbocycles. The second kappa shape index (κ2) is 7.66. The quantitative estimate of drug-likeness (QED) is 0.864. The number of aliphatic carboxylic acids is 1. The fraction of sp³-hybridized carbons (Fsp3) is 0.471. The van der Waals surface area contributed by atoms with Crippen LogP contribution in [-0.4, -0.2) is 62.9 Å². The predicted octanol–water partition coefficient (Wildman–Crippen LogP) is 2.32. The van der Waals surface area contributed by atoms with Gasteiger partial charge in [-0.05, 0) is 37.1 Å². The molecular formula is C17H19ClN2O4S. The molecule has 2 unspecified atom stereocenters. The van der Waals surface area contributed by atoms with E-state index in [0.717, 1.165) is 6.42 Å². The van der Waals surface area contributed by atoms with Crippen LogP contribution < -0.4 is 0 Å². The van der Waals surface area contributed by atoms with Crippen LogP contribution in [0.4, 0.5) is 0 Å². The van der Waals surface area contributed by atoms with E-state index in [4.69, 9.17) is 16.7 Å². The van der Waals surface area contributed by atoms with Crippen molar-refractivity contribution in [3.8, 4) is 0 Å². The number of thioether (sulfide) groups is 1. The smallest absolute Gasteiger partial charge is 0.305 e. The van der Waals surface area contributed by atoms with E-state index in [2.05, 4.69) is 0 Å². The topological polar surface area (TPSA) is 77.9 Å². The number of carboxylic acid groups (broad SMARTS) is 1. The highest BCUT2D eigenvalue weighted by molar-refractivity contribution is 7.99. The SMILES string of the molecule is O=C(O)CC1CCCN1C(=O)C1CSCN1C(=O)c1ccc(Cl)cc1. The van der Waals surface area contributed by atoms with Gasteiger partial charge in [-0.2, -0.15) is 0 Å². The zero-order chi connectivity index (χ0) is 18.0. The Labute approximate surface area is 155 Å². The number of likely N-dealkylation sites (tertiary alicyclic amines) is 1. The molecule has 2 heterocycles. The molecule has 8 heteroatoms. The summed E-state index contributed by atoms with van der Waals surface area (Å²) in [6.07, 6.45) is 1.45. The van der Waals surface area contributed by atoms with Gasteiger partial charge in [0.25, 0.3) is 5.91 Å². The van der Waals surface area contributed by atoms with Crippen LogP contribution in [0, 0.1) is 0 Å². The van der Waals surface area contributed by atoms with Gasteiger partial charge in [0.05, 0.1) is 12.3 Å². The fourth-order valence-corrected chi connectivity index (χ4v) is 4.61. The summed E-state index contributed by atoms with van der Waals surface area (Å²) in [4.78, 5) is 39.9. The molecule has 0 bridgehead atoms. The summed E-state index contributed by atoms with van der Waals surface area (Å²) in [6.45, 7) is 0.556. The monoisotopic (exact) mass is 382 g/mol. The zero-order valence-corrected chi connectivity index (χ0v) is 15.1. The fourth-order valence-electron chi connectivity index (χ4n) is 3.34. The molecule has 1 N–H and O–H groups in total. The minimum atomic E-state index is -0.903. The van der Waals surface area contributed by atoms with Gasteiger partial charge in [-0.3, -0.25) is 14.4 Å². The lowest BCUT2D eigenvalue weighted by atomic mass is 10.1. The highest BCUT2D eigenvalue weighted by Crippen LogP contribution is 2.28. The number of rotatable bonds is 4. The van der Waals surface area contributed by atoms with Gasteiger partial charge in [0.1, 0.15) is 6.04 Å². The first-order valence-electron chi connectivity index (χ1n) is 8.14. The Morgan fingerprint density at radius 1 is 1.20 bits per heavy atom. The van der Waals surface area contributed by atoms with Gasteiger partial charge in [-0.1, -0.05) is 11.6 Å². The third-order valence-corrected chi connectivity index (χ3v) is 5.85. The standard InChI is InChI=1S/C17H19ClN2O4S/c18-12-5-3-11(4-6-12)16(23)20-10-25-9-14(20)17(24)19-7-1-2-13(19)8-15(21)22/h3-6,13-14H,1-2,7-10H2,(H,21,22). The average molecular weight is 383 g/mol. The minimum Gasteiger partial charge on any atom is -0.481 e. The molecule has 0 aromatic heterocycles. The van der Waals surface area contributed by atoms with Crippen LogP contribution in [0.1, 0.15) is 29.6 Å². The second-order valence-corrected chi connectivity index (χ2v) is 7.66. The summed E-state index contributed by atoms with van der Waals surface area (Å²) in [5, 5.41) is 9.58. The molecule has 2 aliphatic rings. The van der Waals surface area contributed by atoms with Gasteiger partial charge in [0.15, 0.2) is 0 Å². The third kappa shape index (κ3) is 3.93. The molecule has 2 amide bonds. The first-order valence-corrected chi connectivity index (χ1v) is 9.67. The second-order valence-electron chi connectivity index (χ2n) is 6.22.